The van der Waals surface area contributed by atoms with Crippen molar-refractivity contribution in [2.45, 2.75) is 4.90 Å². The minimum absolute atomic E-state index is 0.0664. The monoisotopic (exact) mass is 331 g/mol. The van der Waals surface area contributed by atoms with E-state index in [9.17, 15) is 13.5 Å². The smallest absolute Gasteiger partial charge is 0.265 e. The van der Waals surface area contributed by atoms with E-state index in [1.807, 2.05) is 0 Å². The normalized spacial score (nSPS) is 11.3. The van der Waals surface area contributed by atoms with Gasteiger partial charge in [-0.1, -0.05) is 35.3 Å². The molecule has 0 aliphatic rings. The Kier molecular flexibility index (Phi) is 4.13. The average Bonchev–Trinajstić information content (AvgIpc) is 2.41. The van der Waals surface area contributed by atoms with Crippen molar-refractivity contribution in [3.63, 3.8) is 0 Å². The molecule has 0 fully saturated rings. The van der Waals surface area contributed by atoms with Crippen LogP contribution in [0.1, 0.15) is 0 Å². The minimum Gasteiger partial charge on any atom is -0.506 e. The molecule has 0 bridgehead atoms. The Hall–Kier alpha value is -1.43. The van der Waals surface area contributed by atoms with Gasteiger partial charge in [-0.05, 0) is 30.3 Å². The first-order chi connectivity index (χ1) is 9.34. The van der Waals surface area contributed by atoms with Crippen molar-refractivity contribution < 1.29 is 13.5 Å². The maximum Gasteiger partial charge on any atom is 0.265 e. The van der Waals surface area contributed by atoms with Crippen LogP contribution < -0.4 is 4.31 Å². The van der Waals surface area contributed by atoms with Gasteiger partial charge in [0.25, 0.3) is 10.0 Å². The van der Waals surface area contributed by atoms with Crippen LogP contribution in [0.2, 0.25) is 10.0 Å². The lowest BCUT2D eigenvalue weighted by Gasteiger charge is -2.21. The number of phenolic OH excluding ortho intramolecular Hbond substituents is 1. The second-order valence-electron chi connectivity index (χ2n) is 4.04. The molecule has 0 saturated heterocycles. The Morgan fingerprint density at radius 1 is 1.10 bits per heavy atom. The molecule has 0 radical (unpaired) electrons. The highest BCUT2D eigenvalue weighted by Crippen LogP contribution is 2.33. The third-order valence-electron chi connectivity index (χ3n) is 2.75. The number of anilines is 1. The molecule has 4 nitrogen and oxygen atoms in total. The molecule has 2 rings (SSSR count). The summed E-state index contributed by atoms with van der Waals surface area (Å²) in [6.07, 6.45) is 0. The van der Waals surface area contributed by atoms with Crippen LogP contribution in [0.4, 0.5) is 5.69 Å². The maximum absolute atomic E-state index is 12.5. The molecule has 2 aromatic rings. The Bertz CT molecular complexity index is 747. The topological polar surface area (TPSA) is 57.6 Å². The van der Waals surface area contributed by atoms with E-state index in [0.717, 1.165) is 4.31 Å². The third kappa shape index (κ3) is 2.70. The summed E-state index contributed by atoms with van der Waals surface area (Å²) in [7, 11) is -2.58. The quantitative estimate of drug-likeness (QED) is 0.935. The Morgan fingerprint density at radius 2 is 1.75 bits per heavy atom. The van der Waals surface area contributed by atoms with Gasteiger partial charge in [0.2, 0.25) is 0 Å². The number of hydrogen-bond acceptors (Lipinski definition) is 3. The minimum atomic E-state index is -3.91. The number of nitrogens with zero attached hydrogens (tertiary/aromatic N) is 1. The first-order valence-electron chi connectivity index (χ1n) is 5.56. The predicted molar refractivity (Wildman–Crippen MR) is 80.2 cm³/mol. The lowest BCUT2D eigenvalue weighted by molar-refractivity contribution is 0.476. The standard InChI is InChI=1S/C13H11Cl2NO3S/c1-16(11-4-2-3-5-12(11)17)20(18,19)13-8-9(14)6-7-10(13)15/h2-8,17H,1H3. The number of aromatic hydroxyl groups is 1. The summed E-state index contributed by atoms with van der Waals surface area (Å²) < 4.78 is 26.0. The Balaban J connectivity index is 2.56. The van der Waals surface area contributed by atoms with Gasteiger partial charge in [-0.15, -0.1) is 0 Å². The molecule has 0 aliphatic carbocycles. The lowest BCUT2D eigenvalue weighted by Crippen LogP contribution is -2.26. The van der Waals surface area contributed by atoms with Gasteiger partial charge < -0.3 is 5.11 Å². The van der Waals surface area contributed by atoms with Gasteiger partial charge in [0, 0.05) is 12.1 Å². The molecule has 0 amide bonds. The highest BCUT2D eigenvalue weighted by atomic mass is 35.5. The number of phenols is 1. The van der Waals surface area contributed by atoms with Crippen LogP contribution in [-0.2, 0) is 10.0 Å². The van der Waals surface area contributed by atoms with Crippen molar-refractivity contribution in [3.8, 4) is 5.75 Å². The van der Waals surface area contributed by atoms with Crippen LogP contribution in [-0.4, -0.2) is 20.6 Å². The molecule has 1 N–H and O–H groups in total. The van der Waals surface area contributed by atoms with Crippen LogP contribution >= 0.6 is 23.2 Å². The van der Waals surface area contributed by atoms with Crippen molar-refractivity contribution in [3.05, 3.63) is 52.5 Å². The molecule has 2 aromatic carbocycles. The van der Waals surface area contributed by atoms with Gasteiger partial charge in [-0.2, -0.15) is 0 Å². The van der Waals surface area contributed by atoms with Crippen molar-refractivity contribution in [2.75, 3.05) is 11.4 Å². The molecule has 106 valence electrons. The summed E-state index contributed by atoms with van der Waals surface area (Å²) in [5.74, 6) is -0.142. The number of para-hydroxylation sites is 2. The molecule has 7 heteroatoms. The summed E-state index contributed by atoms with van der Waals surface area (Å²) in [6.45, 7) is 0. The number of halogens is 2. The Morgan fingerprint density at radius 3 is 2.40 bits per heavy atom. The van der Waals surface area contributed by atoms with Crippen molar-refractivity contribution in [1.29, 1.82) is 0 Å². The van der Waals surface area contributed by atoms with E-state index in [1.54, 1.807) is 12.1 Å². The van der Waals surface area contributed by atoms with E-state index in [1.165, 1.54) is 37.4 Å². The molecule has 0 spiro atoms. The van der Waals surface area contributed by atoms with Gasteiger partial charge in [0.1, 0.15) is 10.6 Å². The SMILES string of the molecule is CN(c1ccccc1O)S(=O)(=O)c1cc(Cl)ccc1Cl. The zero-order valence-electron chi connectivity index (χ0n) is 10.4. The number of sulfonamides is 1. The molecule has 0 aliphatic heterocycles. The fraction of sp³-hybridized carbons (Fsp3) is 0.0769. The van der Waals surface area contributed by atoms with Crippen LogP contribution in [0.25, 0.3) is 0 Å². The van der Waals surface area contributed by atoms with E-state index < -0.39 is 10.0 Å². The van der Waals surface area contributed by atoms with E-state index in [2.05, 4.69) is 0 Å². The zero-order chi connectivity index (χ0) is 14.9. The number of rotatable bonds is 3. The second kappa shape index (κ2) is 5.52. The van der Waals surface area contributed by atoms with Gasteiger partial charge in [0.15, 0.2) is 0 Å². The van der Waals surface area contributed by atoms with Gasteiger partial charge in [0.05, 0.1) is 10.7 Å². The highest BCUT2D eigenvalue weighted by molar-refractivity contribution is 7.93. The summed E-state index contributed by atoms with van der Waals surface area (Å²) >= 11 is 11.7. The van der Waals surface area contributed by atoms with E-state index in [-0.39, 0.29) is 26.4 Å². The van der Waals surface area contributed by atoms with Gasteiger partial charge in [-0.25, -0.2) is 8.42 Å². The maximum atomic E-state index is 12.5. The number of hydrogen-bond donors (Lipinski definition) is 1. The van der Waals surface area contributed by atoms with E-state index in [4.69, 9.17) is 23.2 Å². The van der Waals surface area contributed by atoms with E-state index in [0.29, 0.717) is 0 Å². The second-order valence-corrected chi connectivity index (χ2v) is 6.82. The van der Waals surface area contributed by atoms with Gasteiger partial charge >= 0.3 is 0 Å². The Labute approximate surface area is 127 Å². The van der Waals surface area contributed by atoms with Crippen LogP contribution in [0.3, 0.4) is 0 Å². The summed E-state index contributed by atoms with van der Waals surface area (Å²) in [5, 5.41) is 10.1. The molecular formula is C13H11Cl2NO3S. The zero-order valence-corrected chi connectivity index (χ0v) is 12.7. The third-order valence-corrected chi connectivity index (χ3v) is 5.24. The van der Waals surface area contributed by atoms with Gasteiger partial charge in [-0.3, -0.25) is 4.31 Å². The molecule has 0 aromatic heterocycles. The van der Waals surface area contributed by atoms with Crippen molar-refractivity contribution >= 4 is 38.9 Å². The van der Waals surface area contributed by atoms with Crippen LogP contribution in [0.5, 0.6) is 5.75 Å². The number of benzene rings is 2. The predicted octanol–water partition coefficient (Wildman–Crippen LogP) is 3.52. The largest absolute Gasteiger partial charge is 0.506 e. The fourth-order valence-electron chi connectivity index (χ4n) is 1.68. The molecule has 0 unspecified atom stereocenters. The van der Waals surface area contributed by atoms with Crippen molar-refractivity contribution in [1.82, 2.24) is 0 Å². The summed E-state index contributed by atoms with van der Waals surface area (Å²) in [4.78, 5) is -0.114. The summed E-state index contributed by atoms with van der Waals surface area (Å²) in [6, 6.07) is 10.3. The van der Waals surface area contributed by atoms with E-state index >= 15 is 0 Å². The molecule has 20 heavy (non-hydrogen) atoms. The van der Waals surface area contributed by atoms with Crippen LogP contribution in [0.15, 0.2) is 47.4 Å². The molecule has 0 heterocycles. The van der Waals surface area contributed by atoms with Crippen LogP contribution in [0, 0.1) is 0 Å². The lowest BCUT2D eigenvalue weighted by atomic mass is 10.3. The van der Waals surface area contributed by atoms with Crippen molar-refractivity contribution in [2.24, 2.45) is 0 Å². The molecule has 0 saturated carbocycles. The first-order valence-corrected chi connectivity index (χ1v) is 7.75. The summed E-state index contributed by atoms with van der Waals surface area (Å²) in [5.41, 5.74) is 0.156. The fourth-order valence-corrected chi connectivity index (χ4v) is 3.63. The highest BCUT2D eigenvalue weighted by Gasteiger charge is 2.25. The average molecular weight is 332 g/mol. The molecular weight excluding hydrogens is 321 g/mol. The first kappa shape index (κ1) is 15.0. The molecule has 0 atom stereocenters.